The Balaban J connectivity index is 2.49. The van der Waals surface area contributed by atoms with Gasteiger partial charge in [0.05, 0.1) is 17.6 Å². The van der Waals surface area contributed by atoms with Crippen LogP contribution in [0.15, 0.2) is 41.4 Å². The van der Waals surface area contributed by atoms with E-state index < -0.39 is 0 Å². The summed E-state index contributed by atoms with van der Waals surface area (Å²) in [5.41, 5.74) is 9.66. The molecule has 0 saturated carbocycles. The number of rotatable bonds is 2. The molecule has 0 aliphatic rings. The third kappa shape index (κ3) is 2.19. The number of thioether (sulfide) groups is 1. The first-order valence-electron chi connectivity index (χ1n) is 5.07. The van der Waals surface area contributed by atoms with Crippen LogP contribution in [0.25, 0.3) is 11.3 Å². The zero-order chi connectivity index (χ0) is 11.5. The maximum absolute atomic E-state index is 5.70. The van der Waals surface area contributed by atoms with Crippen LogP contribution in [0.1, 0.15) is 5.56 Å². The Hall–Kier alpha value is -1.48. The first kappa shape index (κ1) is 11.0. The van der Waals surface area contributed by atoms with Gasteiger partial charge in [0.1, 0.15) is 0 Å². The minimum Gasteiger partial charge on any atom is -0.397 e. The second-order valence-corrected chi connectivity index (χ2v) is 4.55. The van der Waals surface area contributed by atoms with E-state index in [4.69, 9.17) is 5.73 Å². The number of pyridine rings is 1. The molecule has 2 nitrogen and oxygen atoms in total. The molecule has 0 fully saturated rings. The number of aryl methyl sites for hydroxylation is 1. The fourth-order valence-electron chi connectivity index (χ4n) is 1.67. The summed E-state index contributed by atoms with van der Waals surface area (Å²) in [6.45, 7) is 2.03. The lowest BCUT2D eigenvalue weighted by Crippen LogP contribution is -1.92. The van der Waals surface area contributed by atoms with Crippen molar-refractivity contribution in [3.05, 3.63) is 42.1 Å². The van der Waals surface area contributed by atoms with Gasteiger partial charge in [0.15, 0.2) is 0 Å². The first-order chi connectivity index (χ1) is 7.70. The van der Waals surface area contributed by atoms with Gasteiger partial charge in [0, 0.05) is 10.5 Å². The second kappa shape index (κ2) is 4.58. The molecule has 2 rings (SSSR count). The van der Waals surface area contributed by atoms with Crippen LogP contribution in [0.2, 0.25) is 0 Å². The SMILES string of the molecule is CSc1cccc(-c2ncc(N)cc2C)c1. The van der Waals surface area contributed by atoms with Gasteiger partial charge in [0.2, 0.25) is 0 Å². The highest BCUT2D eigenvalue weighted by Crippen LogP contribution is 2.25. The monoisotopic (exact) mass is 230 g/mol. The minimum atomic E-state index is 0.710. The van der Waals surface area contributed by atoms with E-state index in [1.165, 1.54) is 4.90 Å². The highest BCUT2D eigenvalue weighted by Gasteiger charge is 2.04. The van der Waals surface area contributed by atoms with E-state index in [2.05, 4.69) is 35.5 Å². The van der Waals surface area contributed by atoms with E-state index in [-0.39, 0.29) is 0 Å². The van der Waals surface area contributed by atoms with Gasteiger partial charge in [-0.1, -0.05) is 12.1 Å². The normalized spacial score (nSPS) is 10.4. The first-order valence-corrected chi connectivity index (χ1v) is 6.29. The molecule has 16 heavy (non-hydrogen) atoms. The fraction of sp³-hybridized carbons (Fsp3) is 0.154. The Morgan fingerprint density at radius 3 is 2.75 bits per heavy atom. The van der Waals surface area contributed by atoms with Crippen molar-refractivity contribution in [3.63, 3.8) is 0 Å². The third-order valence-corrected chi connectivity index (χ3v) is 3.17. The zero-order valence-corrected chi connectivity index (χ0v) is 10.2. The van der Waals surface area contributed by atoms with E-state index >= 15 is 0 Å². The fourth-order valence-corrected chi connectivity index (χ4v) is 2.13. The minimum absolute atomic E-state index is 0.710. The number of aromatic nitrogens is 1. The molecule has 2 N–H and O–H groups in total. The average molecular weight is 230 g/mol. The van der Waals surface area contributed by atoms with Gasteiger partial charge in [-0.25, -0.2) is 0 Å². The lowest BCUT2D eigenvalue weighted by molar-refractivity contribution is 1.26. The molecule has 82 valence electrons. The number of anilines is 1. The van der Waals surface area contributed by atoms with Crippen LogP contribution >= 0.6 is 11.8 Å². The lowest BCUT2D eigenvalue weighted by atomic mass is 10.1. The molecule has 3 heteroatoms. The summed E-state index contributed by atoms with van der Waals surface area (Å²) in [4.78, 5) is 5.64. The van der Waals surface area contributed by atoms with Crippen molar-refractivity contribution in [2.45, 2.75) is 11.8 Å². The number of benzene rings is 1. The topological polar surface area (TPSA) is 38.9 Å². The Morgan fingerprint density at radius 1 is 1.25 bits per heavy atom. The van der Waals surface area contributed by atoms with Gasteiger partial charge in [-0.05, 0) is 36.9 Å². The molecule has 0 bridgehead atoms. The summed E-state index contributed by atoms with van der Waals surface area (Å²) < 4.78 is 0. The van der Waals surface area contributed by atoms with Crippen LogP contribution in [-0.4, -0.2) is 11.2 Å². The highest BCUT2D eigenvalue weighted by atomic mass is 32.2. The Kier molecular flexibility index (Phi) is 3.15. The van der Waals surface area contributed by atoms with Crippen molar-refractivity contribution in [2.75, 3.05) is 12.0 Å². The molecule has 1 heterocycles. The van der Waals surface area contributed by atoms with Crippen LogP contribution in [0.3, 0.4) is 0 Å². The van der Waals surface area contributed by atoms with Crippen LogP contribution in [0, 0.1) is 6.92 Å². The van der Waals surface area contributed by atoms with E-state index in [9.17, 15) is 0 Å². The average Bonchev–Trinajstić information content (AvgIpc) is 2.29. The molecule has 1 aromatic heterocycles. The lowest BCUT2D eigenvalue weighted by Gasteiger charge is -2.07. The number of nitrogen functional groups attached to an aromatic ring is 1. The van der Waals surface area contributed by atoms with E-state index in [1.54, 1.807) is 18.0 Å². The van der Waals surface area contributed by atoms with Crippen LogP contribution in [0.4, 0.5) is 5.69 Å². The Morgan fingerprint density at radius 2 is 2.06 bits per heavy atom. The summed E-state index contributed by atoms with van der Waals surface area (Å²) in [7, 11) is 0. The smallest absolute Gasteiger partial charge is 0.0733 e. The van der Waals surface area contributed by atoms with Gasteiger partial charge in [-0.2, -0.15) is 0 Å². The van der Waals surface area contributed by atoms with Crippen molar-refractivity contribution in [3.8, 4) is 11.3 Å². The molecule has 0 spiro atoms. The summed E-state index contributed by atoms with van der Waals surface area (Å²) in [5, 5.41) is 0. The third-order valence-electron chi connectivity index (χ3n) is 2.44. The van der Waals surface area contributed by atoms with Crippen molar-refractivity contribution < 1.29 is 0 Å². The maximum Gasteiger partial charge on any atom is 0.0733 e. The molecule has 0 radical (unpaired) electrons. The Bertz CT molecular complexity index is 509. The number of nitrogens with two attached hydrogens (primary N) is 1. The molecule has 0 aliphatic heterocycles. The molecule has 0 saturated heterocycles. The largest absolute Gasteiger partial charge is 0.397 e. The van der Waals surface area contributed by atoms with Crippen molar-refractivity contribution >= 4 is 17.4 Å². The predicted molar refractivity (Wildman–Crippen MR) is 70.6 cm³/mol. The highest BCUT2D eigenvalue weighted by molar-refractivity contribution is 7.98. The van der Waals surface area contributed by atoms with E-state index in [0.717, 1.165) is 16.8 Å². The van der Waals surface area contributed by atoms with Gasteiger partial charge in [-0.3, -0.25) is 4.98 Å². The predicted octanol–water partition coefficient (Wildman–Crippen LogP) is 3.36. The van der Waals surface area contributed by atoms with Crippen LogP contribution in [-0.2, 0) is 0 Å². The summed E-state index contributed by atoms with van der Waals surface area (Å²) in [6.07, 6.45) is 3.77. The zero-order valence-electron chi connectivity index (χ0n) is 9.40. The molecule has 0 unspecified atom stereocenters. The molecule has 2 aromatic rings. The van der Waals surface area contributed by atoms with Crippen molar-refractivity contribution in [1.29, 1.82) is 0 Å². The summed E-state index contributed by atoms with van der Waals surface area (Å²) >= 11 is 1.73. The maximum atomic E-state index is 5.70. The number of nitrogens with zero attached hydrogens (tertiary/aromatic N) is 1. The quantitative estimate of drug-likeness (QED) is 0.804. The summed E-state index contributed by atoms with van der Waals surface area (Å²) in [5.74, 6) is 0. The van der Waals surface area contributed by atoms with Gasteiger partial charge in [-0.15, -0.1) is 11.8 Å². The van der Waals surface area contributed by atoms with Crippen molar-refractivity contribution in [1.82, 2.24) is 4.98 Å². The molecule has 0 aliphatic carbocycles. The number of hydrogen-bond donors (Lipinski definition) is 1. The van der Waals surface area contributed by atoms with Crippen LogP contribution < -0.4 is 5.73 Å². The molecular formula is C13H14N2S. The molecule has 0 atom stereocenters. The van der Waals surface area contributed by atoms with Gasteiger partial charge < -0.3 is 5.73 Å². The Labute approximate surface area is 99.9 Å². The van der Waals surface area contributed by atoms with Crippen LogP contribution in [0.5, 0.6) is 0 Å². The van der Waals surface area contributed by atoms with Gasteiger partial charge in [0.25, 0.3) is 0 Å². The molecule has 1 aromatic carbocycles. The molecular weight excluding hydrogens is 216 g/mol. The standard InChI is InChI=1S/C13H14N2S/c1-9-6-11(14)8-15-13(9)10-4-3-5-12(7-10)16-2/h3-8H,14H2,1-2H3. The summed E-state index contributed by atoms with van der Waals surface area (Å²) in [6, 6.07) is 10.3. The number of hydrogen-bond acceptors (Lipinski definition) is 3. The van der Waals surface area contributed by atoms with Crippen molar-refractivity contribution in [2.24, 2.45) is 0 Å². The van der Waals surface area contributed by atoms with Gasteiger partial charge >= 0.3 is 0 Å². The molecule has 0 amide bonds. The van der Waals surface area contributed by atoms with E-state index in [0.29, 0.717) is 5.69 Å². The van der Waals surface area contributed by atoms with E-state index in [1.807, 2.05) is 13.0 Å². The second-order valence-electron chi connectivity index (χ2n) is 3.67.